The molecule has 2 aromatic heterocycles. The van der Waals surface area contributed by atoms with Gasteiger partial charge >= 0.3 is 0 Å². The first kappa shape index (κ1) is 11.8. The molecular formula is C12H15N3O2S. The first-order valence-electron chi connectivity index (χ1n) is 5.97. The van der Waals surface area contributed by atoms with Crippen molar-refractivity contribution in [3.63, 3.8) is 0 Å². The van der Waals surface area contributed by atoms with E-state index in [1.165, 1.54) is 4.88 Å². The van der Waals surface area contributed by atoms with E-state index in [-0.39, 0.29) is 6.04 Å². The topological polar surface area (TPSA) is 51.4 Å². The van der Waals surface area contributed by atoms with E-state index in [1.807, 2.05) is 6.92 Å². The van der Waals surface area contributed by atoms with Crippen LogP contribution >= 0.6 is 11.3 Å². The van der Waals surface area contributed by atoms with Gasteiger partial charge in [0.05, 0.1) is 13.2 Å². The number of thiophene rings is 1. The zero-order chi connectivity index (χ0) is 12.4. The lowest BCUT2D eigenvalue weighted by atomic mass is 10.2. The first-order chi connectivity index (χ1) is 8.83. The van der Waals surface area contributed by atoms with Crippen LogP contribution in [0, 0.1) is 6.92 Å². The number of rotatable bonds is 3. The molecule has 0 N–H and O–H groups in total. The van der Waals surface area contributed by atoms with Crippen molar-refractivity contribution in [1.29, 1.82) is 0 Å². The second kappa shape index (κ2) is 5.17. The molecule has 1 unspecified atom stereocenters. The second-order valence-electron chi connectivity index (χ2n) is 4.32. The quantitative estimate of drug-likeness (QED) is 0.849. The SMILES string of the molecule is Cc1noc(C2COCCN2Cc2cccs2)n1. The summed E-state index contributed by atoms with van der Waals surface area (Å²) < 4.78 is 10.8. The molecule has 0 saturated carbocycles. The lowest BCUT2D eigenvalue weighted by molar-refractivity contribution is -0.0236. The molecular weight excluding hydrogens is 250 g/mol. The number of aryl methyl sites for hydroxylation is 1. The Labute approximate surface area is 109 Å². The fourth-order valence-corrected chi connectivity index (χ4v) is 2.84. The summed E-state index contributed by atoms with van der Waals surface area (Å²) in [6.07, 6.45) is 0. The number of morpholine rings is 1. The molecule has 1 aliphatic rings. The van der Waals surface area contributed by atoms with Gasteiger partial charge in [0.2, 0.25) is 5.89 Å². The number of hydrogen-bond acceptors (Lipinski definition) is 6. The van der Waals surface area contributed by atoms with E-state index in [1.54, 1.807) is 11.3 Å². The molecule has 0 amide bonds. The van der Waals surface area contributed by atoms with Gasteiger partial charge in [-0.2, -0.15) is 4.98 Å². The van der Waals surface area contributed by atoms with Gasteiger partial charge in [0.15, 0.2) is 5.82 Å². The van der Waals surface area contributed by atoms with E-state index >= 15 is 0 Å². The minimum Gasteiger partial charge on any atom is -0.378 e. The van der Waals surface area contributed by atoms with Crippen molar-refractivity contribution in [3.05, 3.63) is 34.1 Å². The smallest absolute Gasteiger partial charge is 0.246 e. The largest absolute Gasteiger partial charge is 0.378 e. The maximum Gasteiger partial charge on any atom is 0.246 e. The molecule has 5 nitrogen and oxygen atoms in total. The molecule has 3 rings (SSSR count). The van der Waals surface area contributed by atoms with Gasteiger partial charge in [-0.1, -0.05) is 11.2 Å². The monoisotopic (exact) mass is 265 g/mol. The molecule has 1 fully saturated rings. The van der Waals surface area contributed by atoms with Crippen LogP contribution in [0.4, 0.5) is 0 Å². The molecule has 3 heterocycles. The highest BCUT2D eigenvalue weighted by atomic mass is 32.1. The van der Waals surface area contributed by atoms with Crippen LogP contribution in [-0.4, -0.2) is 34.8 Å². The van der Waals surface area contributed by atoms with Crippen LogP contribution in [0.5, 0.6) is 0 Å². The number of hydrogen-bond donors (Lipinski definition) is 0. The molecule has 1 aliphatic heterocycles. The van der Waals surface area contributed by atoms with Crippen LogP contribution in [0.15, 0.2) is 22.0 Å². The van der Waals surface area contributed by atoms with Crippen molar-refractivity contribution in [1.82, 2.24) is 15.0 Å². The van der Waals surface area contributed by atoms with Crippen molar-refractivity contribution in [2.24, 2.45) is 0 Å². The summed E-state index contributed by atoms with van der Waals surface area (Å²) in [5.74, 6) is 1.33. The number of ether oxygens (including phenoxy) is 1. The van der Waals surface area contributed by atoms with Crippen LogP contribution in [0.1, 0.15) is 22.6 Å². The highest BCUT2D eigenvalue weighted by Crippen LogP contribution is 2.25. The molecule has 6 heteroatoms. The molecule has 0 aromatic carbocycles. The van der Waals surface area contributed by atoms with Crippen LogP contribution in [0.25, 0.3) is 0 Å². The molecule has 1 saturated heterocycles. The zero-order valence-corrected chi connectivity index (χ0v) is 11.0. The third kappa shape index (κ3) is 2.45. The zero-order valence-electron chi connectivity index (χ0n) is 10.2. The fourth-order valence-electron chi connectivity index (χ4n) is 2.11. The summed E-state index contributed by atoms with van der Waals surface area (Å²) in [6.45, 7) is 5.01. The van der Waals surface area contributed by atoms with E-state index in [9.17, 15) is 0 Å². The standard InChI is InChI=1S/C12H15N3O2S/c1-9-13-12(17-14-9)11-8-16-5-4-15(11)7-10-3-2-6-18-10/h2-3,6,11H,4-5,7-8H2,1H3. The van der Waals surface area contributed by atoms with Gasteiger partial charge in [0, 0.05) is 18.0 Å². The van der Waals surface area contributed by atoms with Crippen molar-refractivity contribution in [3.8, 4) is 0 Å². The van der Waals surface area contributed by atoms with Crippen LogP contribution < -0.4 is 0 Å². The molecule has 0 radical (unpaired) electrons. The van der Waals surface area contributed by atoms with Gasteiger partial charge in [-0.15, -0.1) is 11.3 Å². The van der Waals surface area contributed by atoms with E-state index in [0.29, 0.717) is 18.3 Å². The third-order valence-electron chi connectivity index (χ3n) is 3.01. The first-order valence-corrected chi connectivity index (χ1v) is 6.85. The minimum absolute atomic E-state index is 0.0713. The van der Waals surface area contributed by atoms with Crippen molar-refractivity contribution in [2.75, 3.05) is 19.8 Å². The van der Waals surface area contributed by atoms with E-state index in [0.717, 1.165) is 19.7 Å². The van der Waals surface area contributed by atoms with Crippen molar-refractivity contribution >= 4 is 11.3 Å². The third-order valence-corrected chi connectivity index (χ3v) is 3.87. The summed E-state index contributed by atoms with van der Waals surface area (Å²) >= 11 is 1.77. The van der Waals surface area contributed by atoms with Gasteiger partial charge in [-0.05, 0) is 18.4 Å². The fraction of sp³-hybridized carbons (Fsp3) is 0.500. The predicted molar refractivity (Wildman–Crippen MR) is 67.3 cm³/mol. The molecule has 18 heavy (non-hydrogen) atoms. The Balaban J connectivity index is 1.77. The van der Waals surface area contributed by atoms with Crippen LogP contribution in [-0.2, 0) is 11.3 Å². The van der Waals surface area contributed by atoms with Crippen LogP contribution in [0.3, 0.4) is 0 Å². The van der Waals surface area contributed by atoms with Crippen molar-refractivity contribution < 1.29 is 9.26 Å². The summed E-state index contributed by atoms with van der Waals surface area (Å²) in [5, 5.41) is 5.96. The van der Waals surface area contributed by atoms with E-state index < -0.39 is 0 Å². The lowest BCUT2D eigenvalue weighted by Crippen LogP contribution is -2.39. The van der Waals surface area contributed by atoms with E-state index in [4.69, 9.17) is 9.26 Å². The highest BCUT2D eigenvalue weighted by molar-refractivity contribution is 7.09. The Morgan fingerprint density at radius 1 is 1.56 bits per heavy atom. The second-order valence-corrected chi connectivity index (χ2v) is 5.35. The average Bonchev–Trinajstić information content (AvgIpc) is 3.02. The van der Waals surface area contributed by atoms with Gasteiger partial charge in [-0.3, -0.25) is 4.90 Å². The van der Waals surface area contributed by atoms with Gasteiger partial charge < -0.3 is 9.26 Å². The van der Waals surface area contributed by atoms with E-state index in [2.05, 4.69) is 32.6 Å². The summed E-state index contributed by atoms with van der Waals surface area (Å²) in [4.78, 5) is 8.00. The molecule has 0 spiro atoms. The molecule has 2 aromatic rings. The Bertz CT molecular complexity index is 497. The normalized spacial score (nSPS) is 21.3. The maximum absolute atomic E-state index is 5.53. The molecule has 96 valence electrons. The predicted octanol–water partition coefficient (Wildman–Crippen LogP) is 2.01. The summed E-state index contributed by atoms with van der Waals surface area (Å²) in [6, 6.07) is 4.30. The Hall–Kier alpha value is -1.24. The highest BCUT2D eigenvalue weighted by Gasteiger charge is 2.29. The van der Waals surface area contributed by atoms with Gasteiger partial charge in [0.25, 0.3) is 0 Å². The number of nitrogens with zero attached hydrogens (tertiary/aromatic N) is 3. The molecule has 1 atom stereocenters. The van der Waals surface area contributed by atoms with Crippen LogP contribution in [0.2, 0.25) is 0 Å². The van der Waals surface area contributed by atoms with Gasteiger partial charge in [0.1, 0.15) is 6.04 Å². The molecule has 0 bridgehead atoms. The average molecular weight is 265 g/mol. The number of aromatic nitrogens is 2. The van der Waals surface area contributed by atoms with Gasteiger partial charge in [-0.25, -0.2) is 0 Å². The maximum atomic E-state index is 5.53. The minimum atomic E-state index is 0.0713. The molecule has 0 aliphatic carbocycles. The summed E-state index contributed by atoms with van der Waals surface area (Å²) in [7, 11) is 0. The van der Waals surface area contributed by atoms with Crippen molar-refractivity contribution in [2.45, 2.75) is 19.5 Å². The lowest BCUT2D eigenvalue weighted by Gasteiger charge is -2.32. The Morgan fingerprint density at radius 2 is 2.50 bits per heavy atom. The Kier molecular flexibility index (Phi) is 3.40. The Morgan fingerprint density at radius 3 is 3.22 bits per heavy atom. The summed E-state index contributed by atoms with van der Waals surface area (Å²) in [5.41, 5.74) is 0.